The molecule has 1 aliphatic rings. The molecule has 82 valence electrons. The van der Waals surface area contributed by atoms with Gasteiger partial charge in [0.1, 0.15) is 0 Å². The number of rotatable bonds is 1. The van der Waals surface area contributed by atoms with Crippen LogP contribution in [0.5, 0.6) is 0 Å². The molecule has 0 radical (unpaired) electrons. The molecule has 3 rings (SSSR count). The summed E-state index contributed by atoms with van der Waals surface area (Å²) in [5.41, 5.74) is 4.99. The van der Waals surface area contributed by atoms with Gasteiger partial charge in [-0.1, -0.05) is 12.1 Å². The number of fused-ring (bicyclic) bond motifs is 1. The number of anilines is 1. The van der Waals surface area contributed by atoms with Crippen LogP contribution in [0.3, 0.4) is 0 Å². The molecular formula is C13H15N3. The summed E-state index contributed by atoms with van der Waals surface area (Å²) in [5.74, 6) is 0. The van der Waals surface area contributed by atoms with Gasteiger partial charge in [-0.3, -0.25) is 0 Å². The van der Waals surface area contributed by atoms with Crippen LogP contribution < -0.4 is 5.32 Å². The van der Waals surface area contributed by atoms with E-state index in [4.69, 9.17) is 0 Å². The van der Waals surface area contributed by atoms with Crippen LogP contribution in [-0.4, -0.2) is 16.3 Å². The monoisotopic (exact) mass is 213 g/mol. The van der Waals surface area contributed by atoms with Crippen LogP contribution in [-0.2, 0) is 6.42 Å². The Hall–Kier alpha value is -1.77. The number of aromatic nitrogens is 2. The zero-order valence-electron chi connectivity index (χ0n) is 9.40. The predicted molar refractivity (Wildman–Crippen MR) is 65.1 cm³/mol. The Kier molecular flexibility index (Phi) is 2.17. The molecule has 0 bridgehead atoms. The van der Waals surface area contributed by atoms with Crippen molar-refractivity contribution in [1.29, 1.82) is 0 Å². The van der Waals surface area contributed by atoms with Gasteiger partial charge < -0.3 is 5.32 Å². The van der Waals surface area contributed by atoms with Crippen molar-refractivity contribution in [2.24, 2.45) is 0 Å². The van der Waals surface area contributed by atoms with Crippen LogP contribution >= 0.6 is 0 Å². The van der Waals surface area contributed by atoms with Gasteiger partial charge in [-0.2, -0.15) is 5.10 Å². The maximum absolute atomic E-state index is 4.37. The van der Waals surface area contributed by atoms with E-state index in [1.165, 1.54) is 23.2 Å². The van der Waals surface area contributed by atoms with Gasteiger partial charge in [-0.15, -0.1) is 0 Å². The van der Waals surface area contributed by atoms with E-state index in [-0.39, 0.29) is 0 Å². The molecule has 1 N–H and O–H groups in total. The first-order chi connectivity index (χ1) is 7.84. The predicted octanol–water partition coefficient (Wildman–Crippen LogP) is 2.54. The fourth-order valence-corrected chi connectivity index (χ4v) is 2.23. The summed E-state index contributed by atoms with van der Waals surface area (Å²) >= 11 is 0. The van der Waals surface area contributed by atoms with Crippen LogP contribution in [0.15, 0.2) is 30.6 Å². The average molecular weight is 213 g/mol. The fourth-order valence-electron chi connectivity index (χ4n) is 2.23. The normalized spacial score (nSPS) is 14.3. The van der Waals surface area contributed by atoms with Gasteiger partial charge in [0.05, 0.1) is 17.6 Å². The number of nitrogens with zero attached hydrogens (tertiary/aromatic N) is 2. The van der Waals surface area contributed by atoms with Gasteiger partial charge >= 0.3 is 0 Å². The lowest BCUT2D eigenvalue weighted by atomic mass is 10.0. The number of para-hydroxylation sites is 1. The highest BCUT2D eigenvalue weighted by molar-refractivity contribution is 5.66. The number of hydrogen-bond acceptors (Lipinski definition) is 2. The maximum atomic E-state index is 4.37. The minimum atomic E-state index is 1.06. The lowest BCUT2D eigenvalue weighted by Crippen LogP contribution is -2.14. The summed E-state index contributed by atoms with van der Waals surface area (Å²) in [4.78, 5) is 0. The lowest BCUT2D eigenvalue weighted by Gasteiger charge is -2.20. The van der Waals surface area contributed by atoms with Crippen LogP contribution in [0.4, 0.5) is 5.69 Å². The molecule has 2 heterocycles. The molecular weight excluding hydrogens is 198 g/mol. The fraction of sp³-hybridized carbons (Fsp3) is 0.308. The largest absolute Gasteiger partial charge is 0.383 e. The molecule has 16 heavy (non-hydrogen) atoms. The minimum absolute atomic E-state index is 1.06. The number of hydrogen-bond donors (Lipinski definition) is 1. The molecule has 0 atom stereocenters. The van der Waals surface area contributed by atoms with E-state index in [0.717, 1.165) is 18.7 Å². The van der Waals surface area contributed by atoms with E-state index < -0.39 is 0 Å². The summed E-state index contributed by atoms with van der Waals surface area (Å²) < 4.78 is 1.95. The molecule has 1 aliphatic heterocycles. The molecule has 0 saturated carbocycles. The lowest BCUT2D eigenvalue weighted by molar-refractivity contribution is 0.812. The number of benzene rings is 1. The van der Waals surface area contributed by atoms with Crippen LogP contribution in [0.1, 0.15) is 17.5 Å². The minimum Gasteiger partial charge on any atom is -0.383 e. The molecule has 3 nitrogen and oxygen atoms in total. The third kappa shape index (κ3) is 1.48. The quantitative estimate of drug-likeness (QED) is 0.789. The molecule has 0 unspecified atom stereocenters. The molecule has 1 aromatic carbocycles. The summed E-state index contributed by atoms with van der Waals surface area (Å²) in [6.07, 6.45) is 6.33. The summed E-state index contributed by atoms with van der Waals surface area (Å²) in [7, 11) is 0. The van der Waals surface area contributed by atoms with Crippen molar-refractivity contribution in [2.45, 2.75) is 19.8 Å². The van der Waals surface area contributed by atoms with Crippen LogP contribution in [0, 0.1) is 6.92 Å². The van der Waals surface area contributed by atoms with Crippen LogP contribution in [0.25, 0.3) is 5.69 Å². The number of nitrogens with one attached hydrogen (secondary N) is 1. The first-order valence-electron chi connectivity index (χ1n) is 5.72. The molecule has 0 aliphatic carbocycles. The van der Waals surface area contributed by atoms with Gasteiger partial charge in [0.25, 0.3) is 0 Å². The first-order valence-corrected chi connectivity index (χ1v) is 5.72. The topological polar surface area (TPSA) is 29.9 Å². The Bertz CT molecular complexity index is 514. The van der Waals surface area contributed by atoms with E-state index in [0.29, 0.717) is 0 Å². The first kappa shape index (κ1) is 9.46. The van der Waals surface area contributed by atoms with Gasteiger partial charge in [-0.25, -0.2) is 4.68 Å². The third-order valence-electron chi connectivity index (χ3n) is 3.01. The highest BCUT2D eigenvalue weighted by atomic mass is 15.3. The molecule has 0 amide bonds. The second-order valence-electron chi connectivity index (χ2n) is 4.30. The highest BCUT2D eigenvalue weighted by Gasteiger charge is 2.13. The Labute approximate surface area is 95.1 Å². The molecule has 0 saturated heterocycles. The zero-order chi connectivity index (χ0) is 11.0. The van der Waals surface area contributed by atoms with Gasteiger partial charge in [0.15, 0.2) is 0 Å². The molecule has 0 fully saturated rings. The maximum Gasteiger partial charge on any atom is 0.0879 e. The van der Waals surface area contributed by atoms with Gasteiger partial charge in [0.2, 0.25) is 0 Å². The summed E-state index contributed by atoms with van der Waals surface area (Å²) in [5, 5.41) is 7.85. The highest BCUT2D eigenvalue weighted by Crippen LogP contribution is 2.28. The zero-order valence-corrected chi connectivity index (χ0v) is 9.40. The van der Waals surface area contributed by atoms with Crippen molar-refractivity contribution >= 4 is 5.69 Å². The van der Waals surface area contributed by atoms with E-state index in [9.17, 15) is 0 Å². The van der Waals surface area contributed by atoms with E-state index in [1.807, 2.05) is 10.9 Å². The standard InChI is InChI=1S/C13H15N3/c1-10-8-15-16(9-10)12-6-2-4-11-5-3-7-14-13(11)12/h2,4,6,8-9,14H,3,5,7H2,1H3. The van der Waals surface area contributed by atoms with E-state index in [2.05, 4.69) is 41.7 Å². The van der Waals surface area contributed by atoms with Crippen LogP contribution in [0.2, 0.25) is 0 Å². The van der Waals surface area contributed by atoms with Gasteiger partial charge in [0, 0.05) is 12.7 Å². The van der Waals surface area contributed by atoms with Crippen molar-refractivity contribution in [3.05, 3.63) is 41.7 Å². The van der Waals surface area contributed by atoms with E-state index >= 15 is 0 Å². The second kappa shape index (κ2) is 3.67. The van der Waals surface area contributed by atoms with Crippen molar-refractivity contribution < 1.29 is 0 Å². The Morgan fingerprint density at radius 1 is 1.38 bits per heavy atom. The molecule has 2 aromatic rings. The summed E-state index contributed by atoms with van der Waals surface area (Å²) in [6, 6.07) is 6.42. The third-order valence-corrected chi connectivity index (χ3v) is 3.01. The average Bonchev–Trinajstić information content (AvgIpc) is 2.75. The molecule has 0 spiro atoms. The van der Waals surface area contributed by atoms with Crippen molar-refractivity contribution in [3.63, 3.8) is 0 Å². The molecule has 3 heteroatoms. The van der Waals surface area contributed by atoms with Crippen molar-refractivity contribution in [3.8, 4) is 5.69 Å². The van der Waals surface area contributed by atoms with Gasteiger partial charge in [-0.05, 0) is 37.0 Å². The SMILES string of the molecule is Cc1cnn(-c2cccc3c2NCCC3)c1. The Balaban J connectivity index is 2.13. The molecule has 1 aromatic heterocycles. The summed E-state index contributed by atoms with van der Waals surface area (Å²) in [6.45, 7) is 3.12. The smallest absolute Gasteiger partial charge is 0.0879 e. The van der Waals surface area contributed by atoms with E-state index in [1.54, 1.807) is 0 Å². The number of aryl methyl sites for hydroxylation is 2. The Morgan fingerprint density at radius 2 is 2.31 bits per heavy atom. The Morgan fingerprint density at radius 3 is 3.12 bits per heavy atom. The van der Waals surface area contributed by atoms with Crippen molar-refractivity contribution in [2.75, 3.05) is 11.9 Å². The van der Waals surface area contributed by atoms with Crippen molar-refractivity contribution in [1.82, 2.24) is 9.78 Å². The second-order valence-corrected chi connectivity index (χ2v) is 4.30.